The van der Waals surface area contributed by atoms with Crippen molar-refractivity contribution in [2.75, 3.05) is 0 Å². The number of aliphatic hydroxyl groups is 1. The molecule has 0 saturated heterocycles. The van der Waals surface area contributed by atoms with Gasteiger partial charge in [0, 0.05) is 27.1 Å². The molecule has 0 bridgehead atoms. The van der Waals surface area contributed by atoms with Crippen LogP contribution >= 0.6 is 11.6 Å². The molecule has 0 saturated carbocycles. The average Bonchev–Trinajstić information content (AvgIpc) is 2.53. The summed E-state index contributed by atoms with van der Waals surface area (Å²) >= 11 is 5.99. The summed E-state index contributed by atoms with van der Waals surface area (Å²) in [5.41, 5.74) is -0.901. The third-order valence-electron chi connectivity index (χ3n) is 4.07. The van der Waals surface area contributed by atoms with Gasteiger partial charge in [-0.25, -0.2) is 0 Å². The minimum Gasteiger partial charge on any atom is -0.460 e. The second kappa shape index (κ2) is 5.24. The average molecular weight is 368 g/mol. The molecule has 25 heavy (non-hydrogen) atoms. The van der Waals surface area contributed by atoms with E-state index in [-0.39, 0.29) is 27.8 Å². The molecule has 2 heterocycles. The lowest BCUT2D eigenvalue weighted by Gasteiger charge is -2.26. The van der Waals surface area contributed by atoms with E-state index in [0.717, 1.165) is 12.1 Å². The number of fused-ring (bicyclic) bond motifs is 5. The minimum absolute atomic E-state index is 0.148. The standard InChI is InChI=1S/C17H9ClF3NO3/c18-8-2-4-12-10(6-8)13-9-5-7(17(19,20)21)1-3-11(9)22-15(23)14(13)16(24)25-12/h1-6,16,24H,(H,22,23). The van der Waals surface area contributed by atoms with Crippen LogP contribution in [0.2, 0.25) is 5.02 Å². The van der Waals surface area contributed by atoms with Crippen molar-refractivity contribution in [2.45, 2.75) is 12.5 Å². The van der Waals surface area contributed by atoms with E-state index in [0.29, 0.717) is 10.6 Å². The molecule has 128 valence electrons. The minimum atomic E-state index is -4.54. The number of aliphatic hydroxyl groups excluding tert-OH is 1. The van der Waals surface area contributed by atoms with E-state index in [9.17, 15) is 23.1 Å². The number of alkyl halides is 3. The Morgan fingerprint density at radius 3 is 2.64 bits per heavy atom. The number of pyridine rings is 1. The van der Waals surface area contributed by atoms with Gasteiger partial charge in [0.05, 0.1) is 11.1 Å². The summed E-state index contributed by atoms with van der Waals surface area (Å²) in [6.45, 7) is 0. The maximum absolute atomic E-state index is 13.1. The van der Waals surface area contributed by atoms with Crippen LogP contribution in [0.3, 0.4) is 0 Å². The van der Waals surface area contributed by atoms with Gasteiger partial charge in [-0.05, 0) is 36.4 Å². The lowest BCUT2D eigenvalue weighted by atomic mass is 9.92. The van der Waals surface area contributed by atoms with E-state index >= 15 is 0 Å². The van der Waals surface area contributed by atoms with E-state index in [1.807, 2.05) is 0 Å². The first-order valence-corrected chi connectivity index (χ1v) is 7.55. The Kier molecular flexibility index (Phi) is 3.35. The Bertz CT molecular complexity index is 1080. The lowest BCUT2D eigenvalue weighted by molar-refractivity contribution is -0.137. The van der Waals surface area contributed by atoms with Gasteiger partial charge in [0.15, 0.2) is 0 Å². The van der Waals surface area contributed by atoms with Gasteiger partial charge in [0.25, 0.3) is 5.56 Å². The summed E-state index contributed by atoms with van der Waals surface area (Å²) in [5, 5.41) is 10.6. The molecular formula is C17H9ClF3NO3. The van der Waals surface area contributed by atoms with Crippen molar-refractivity contribution in [1.29, 1.82) is 0 Å². The molecule has 1 unspecified atom stereocenters. The largest absolute Gasteiger partial charge is 0.460 e. The summed E-state index contributed by atoms with van der Waals surface area (Å²) in [5.74, 6) is 0.230. The highest BCUT2D eigenvalue weighted by atomic mass is 35.5. The van der Waals surface area contributed by atoms with Crippen LogP contribution in [0.15, 0.2) is 41.2 Å². The first kappa shape index (κ1) is 16.0. The third kappa shape index (κ3) is 2.47. The molecule has 4 nitrogen and oxygen atoms in total. The molecule has 1 aliphatic heterocycles. The van der Waals surface area contributed by atoms with Gasteiger partial charge in [0.1, 0.15) is 5.75 Å². The van der Waals surface area contributed by atoms with E-state index in [1.54, 1.807) is 0 Å². The first-order chi connectivity index (χ1) is 11.8. The number of aromatic nitrogens is 1. The van der Waals surface area contributed by atoms with Crippen molar-refractivity contribution in [2.24, 2.45) is 0 Å². The Morgan fingerprint density at radius 2 is 1.92 bits per heavy atom. The van der Waals surface area contributed by atoms with Gasteiger partial charge in [-0.1, -0.05) is 11.6 Å². The van der Waals surface area contributed by atoms with E-state index in [2.05, 4.69) is 4.98 Å². The van der Waals surface area contributed by atoms with Crippen molar-refractivity contribution in [3.8, 4) is 16.9 Å². The fourth-order valence-electron chi connectivity index (χ4n) is 2.99. The molecule has 1 aliphatic rings. The van der Waals surface area contributed by atoms with Gasteiger partial charge in [-0.2, -0.15) is 13.2 Å². The molecular weight excluding hydrogens is 359 g/mol. The van der Waals surface area contributed by atoms with Crippen LogP contribution in [0.5, 0.6) is 5.75 Å². The lowest BCUT2D eigenvalue weighted by Crippen LogP contribution is -2.24. The Balaban J connectivity index is 2.16. The molecule has 1 atom stereocenters. The Hall–Kier alpha value is -2.51. The number of benzene rings is 2. The van der Waals surface area contributed by atoms with Gasteiger partial charge < -0.3 is 14.8 Å². The molecule has 0 radical (unpaired) electrons. The summed E-state index contributed by atoms with van der Waals surface area (Å²) in [6.07, 6.45) is -6.13. The molecule has 3 aromatic rings. The zero-order valence-corrected chi connectivity index (χ0v) is 13.1. The third-order valence-corrected chi connectivity index (χ3v) is 4.31. The van der Waals surface area contributed by atoms with Crippen molar-refractivity contribution in [3.63, 3.8) is 0 Å². The van der Waals surface area contributed by atoms with Gasteiger partial charge in [-0.15, -0.1) is 0 Å². The number of H-pyrrole nitrogens is 1. The molecule has 8 heteroatoms. The molecule has 1 aromatic heterocycles. The van der Waals surface area contributed by atoms with Gasteiger partial charge in [0.2, 0.25) is 6.29 Å². The molecule has 0 amide bonds. The maximum atomic E-state index is 13.1. The van der Waals surface area contributed by atoms with Crippen LogP contribution in [0.1, 0.15) is 17.4 Å². The second-order valence-electron chi connectivity index (χ2n) is 5.61. The Labute approximate surface area is 143 Å². The van der Waals surface area contributed by atoms with Crippen LogP contribution in [0, 0.1) is 0 Å². The summed E-state index contributed by atoms with van der Waals surface area (Å²) < 4.78 is 44.6. The van der Waals surface area contributed by atoms with Gasteiger partial charge in [-0.3, -0.25) is 4.79 Å². The molecule has 2 N–H and O–H groups in total. The number of nitrogens with one attached hydrogen (secondary N) is 1. The van der Waals surface area contributed by atoms with Crippen LogP contribution in [-0.2, 0) is 6.18 Å². The zero-order valence-electron chi connectivity index (χ0n) is 12.3. The first-order valence-electron chi connectivity index (χ1n) is 7.17. The molecule has 0 fully saturated rings. The summed E-state index contributed by atoms with van der Waals surface area (Å²) in [6, 6.07) is 7.51. The number of hydrogen-bond acceptors (Lipinski definition) is 3. The van der Waals surface area contributed by atoms with Gasteiger partial charge >= 0.3 is 6.18 Å². The quantitative estimate of drug-likeness (QED) is 0.624. The van der Waals surface area contributed by atoms with Crippen LogP contribution in [0.4, 0.5) is 13.2 Å². The van der Waals surface area contributed by atoms with E-state index in [4.69, 9.17) is 16.3 Å². The van der Waals surface area contributed by atoms with Crippen molar-refractivity contribution in [1.82, 2.24) is 4.98 Å². The topological polar surface area (TPSA) is 62.3 Å². The SMILES string of the molecule is O=c1[nH]c2ccc(C(F)(F)F)cc2c2c1C(O)Oc1ccc(Cl)cc1-2. The molecule has 0 aliphatic carbocycles. The Morgan fingerprint density at radius 1 is 1.16 bits per heavy atom. The monoisotopic (exact) mass is 367 g/mol. The molecule has 4 rings (SSSR count). The predicted octanol–water partition coefficient (Wildman–Crippen LogP) is 4.25. The second-order valence-corrected chi connectivity index (χ2v) is 6.05. The van der Waals surface area contributed by atoms with Crippen molar-refractivity contribution >= 4 is 22.5 Å². The fraction of sp³-hybridized carbons (Fsp3) is 0.118. The number of hydrogen-bond donors (Lipinski definition) is 2. The normalized spacial score (nSPS) is 16.3. The number of aromatic amines is 1. The van der Waals surface area contributed by atoms with Crippen molar-refractivity contribution < 1.29 is 23.0 Å². The highest BCUT2D eigenvalue weighted by Gasteiger charge is 2.33. The van der Waals surface area contributed by atoms with Crippen LogP contribution in [-0.4, -0.2) is 10.1 Å². The summed E-state index contributed by atoms with van der Waals surface area (Å²) in [7, 11) is 0. The number of ether oxygens (including phenoxy) is 1. The maximum Gasteiger partial charge on any atom is 0.416 e. The highest BCUT2D eigenvalue weighted by molar-refractivity contribution is 6.31. The van der Waals surface area contributed by atoms with E-state index in [1.165, 1.54) is 24.3 Å². The van der Waals surface area contributed by atoms with Crippen LogP contribution in [0.25, 0.3) is 22.0 Å². The zero-order chi connectivity index (χ0) is 17.9. The number of rotatable bonds is 0. The predicted molar refractivity (Wildman–Crippen MR) is 85.6 cm³/mol. The van der Waals surface area contributed by atoms with Crippen molar-refractivity contribution in [3.05, 3.63) is 62.9 Å². The van der Waals surface area contributed by atoms with Crippen LogP contribution < -0.4 is 10.3 Å². The van der Waals surface area contributed by atoms with E-state index < -0.39 is 23.6 Å². The fourth-order valence-corrected chi connectivity index (χ4v) is 3.16. The number of halogens is 4. The highest BCUT2D eigenvalue weighted by Crippen LogP contribution is 2.45. The molecule has 0 spiro atoms. The molecule has 2 aromatic carbocycles. The summed E-state index contributed by atoms with van der Waals surface area (Å²) in [4.78, 5) is 14.8. The smallest absolute Gasteiger partial charge is 0.416 e.